The minimum atomic E-state index is -4.17. The van der Waals surface area contributed by atoms with E-state index in [-0.39, 0.29) is 31.9 Å². The average Bonchev–Trinajstić information content (AvgIpc) is 3.01. The molecule has 8 heteroatoms. The normalized spacial score (nSPS) is 24.9. The van der Waals surface area contributed by atoms with Crippen LogP contribution in [0.4, 0.5) is 17.6 Å². The predicted octanol–water partition coefficient (Wildman–Crippen LogP) is 4.48. The third kappa shape index (κ3) is 5.50. The van der Waals surface area contributed by atoms with Gasteiger partial charge in [0.1, 0.15) is 5.75 Å². The zero-order valence-electron chi connectivity index (χ0n) is 16.3. The van der Waals surface area contributed by atoms with Crippen LogP contribution in [0.25, 0.3) is 6.08 Å². The summed E-state index contributed by atoms with van der Waals surface area (Å²) in [5.41, 5.74) is 1.01. The van der Waals surface area contributed by atoms with Crippen molar-refractivity contribution in [3.63, 3.8) is 0 Å². The van der Waals surface area contributed by atoms with Crippen molar-refractivity contribution in [1.82, 2.24) is 4.90 Å². The molecule has 0 saturated carbocycles. The van der Waals surface area contributed by atoms with Crippen LogP contribution in [0, 0.1) is 5.92 Å². The molecule has 1 aliphatic heterocycles. The Morgan fingerprint density at radius 2 is 2.14 bits per heavy atom. The van der Waals surface area contributed by atoms with Crippen molar-refractivity contribution in [2.75, 3.05) is 26.2 Å². The molecule has 2 aliphatic rings. The van der Waals surface area contributed by atoms with Crippen LogP contribution in [-0.4, -0.2) is 54.1 Å². The Morgan fingerprint density at radius 1 is 1.38 bits per heavy atom. The molecular formula is C21H25F4NO3. The predicted molar refractivity (Wildman–Crippen MR) is 101 cm³/mol. The second kappa shape index (κ2) is 8.34. The zero-order valence-corrected chi connectivity index (χ0v) is 16.3. The van der Waals surface area contributed by atoms with Crippen LogP contribution in [0.2, 0.25) is 0 Å². The first-order chi connectivity index (χ1) is 13.6. The Labute approximate surface area is 167 Å². The van der Waals surface area contributed by atoms with E-state index in [0.29, 0.717) is 18.8 Å². The van der Waals surface area contributed by atoms with E-state index in [1.807, 2.05) is 23.1 Å². The Balaban J connectivity index is 1.60. The van der Waals surface area contributed by atoms with Crippen molar-refractivity contribution in [2.24, 2.45) is 5.92 Å². The van der Waals surface area contributed by atoms with E-state index in [2.05, 4.69) is 6.92 Å². The SMILES string of the molecule is C[C@H]1Cc2cc(OCCCC(F)(F)F)ccc2C=C1CN1CC[C@@](F)(C(=O)O)C1. The maximum Gasteiger partial charge on any atom is 0.389 e. The van der Waals surface area contributed by atoms with Crippen molar-refractivity contribution in [2.45, 2.75) is 44.5 Å². The molecule has 160 valence electrons. The molecule has 0 amide bonds. The van der Waals surface area contributed by atoms with Gasteiger partial charge < -0.3 is 9.84 Å². The molecular weight excluding hydrogens is 390 g/mol. The van der Waals surface area contributed by atoms with E-state index >= 15 is 0 Å². The molecule has 1 saturated heterocycles. The summed E-state index contributed by atoms with van der Waals surface area (Å²) in [5.74, 6) is -0.653. The topological polar surface area (TPSA) is 49.8 Å². The summed E-state index contributed by atoms with van der Waals surface area (Å²) in [5, 5.41) is 9.04. The van der Waals surface area contributed by atoms with Gasteiger partial charge in [0.15, 0.2) is 0 Å². The number of fused-ring (bicyclic) bond motifs is 1. The largest absolute Gasteiger partial charge is 0.494 e. The quantitative estimate of drug-likeness (QED) is 0.527. The molecule has 4 nitrogen and oxygen atoms in total. The fourth-order valence-electron chi connectivity index (χ4n) is 3.87. The summed E-state index contributed by atoms with van der Waals surface area (Å²) in [6.45, 7) is 2.89. The lowest BCUT2D eigenvalue weighted by molar-refractivity contribution is -0.149. The third-order valence-electron chi connectivity index (χ3n) is 5.58. The standard InChI is InChI=1S/C21H25F4NO3/c1-14-9-16-11-18(29-8-2-5-21(23,24)25)4-3-15(16)10-17(14)12-26-7-6-20(22,13-26)19(27)28/h3-4,10-11,14H,2,5-9,12-13H2,1H3,(H,27,28)/t14-,20-/m0/s1. The highest BCUT2D eigenvalue weighted by atomic mass is 19.4. The van der Waals surface area contributed by atoms with Gasteiger partial charge in [-0.25, -0.2) is 9.18 Å². The molecule has 0 bridgehead atoms. The van der Waals surface area contributed by atoms with Gasteiger partial charge in [-0.15, -0.1) is 0 Å². The summed E-state index contributed by atoms with van der Waals surface area (Å²) < 4.78 is 56.3. The number of carbonyl (C=O) groups is 1. The highest BCUT2D eigenvalue weighted by Crippen LogP contribution is 2.33. The molecule has 0 unspecified atom stereocenters. The minimum absolute atomic E-state index is 0.00435. The molecule has 1 N–H and O–H groups in total. The number of alkyl halides is 4. The summed E-state index contributed by atoms with van der Waals surface area (Å²) in [7, 11) is 0. The number of carboxylic acids is 1. The first-order valence-corrected chi connectivity index (χ1v) is 9.73. The van der Waals surface area contributed by atoms with E-state index in [1.54, 1.807) is 6.07 Å². The first-order valence-electron chi connectivity index (χ1n) is 9.73. The minimum Gasteiger partial charge on any atom is -0.494 e. The third-order valence-corrected chi connectivity index (χ3v) is 5.58. The highest BCUT2D eigenvalue weighted by Gasteiger charge is 2.45. The van der Waals surface area contributed by atoms with Gasteiger partial charge in [0.2, 0.25) is 5.67 Å². The Hall–Kier alpha value is -2.09. The Kier molecular flexibility index (Phi) is 6.22. The molecule has 1 aromatic rings. The van der Waals surface area contributed by atoms with E-state index in [0.717, 1.165) is 23.1 Å². The fourth-order valence-corrected chi connectivity index (χ4v) is 3.87. The van der Waals surface area contributed by atoms with Crippen LogP contribution in [0.5, 0.6) is 5.75 Å². The molecule has 1 aromatic carbocycles. The van der Waals surface area contributed by atoms with Crippen LogP contribution in [0.1, 0.15) is 37.3 Å². The molecule has 3 rings (SSSR count). The Bertz CT molecular complexity index is 793. The molecule has 1 heterocycles. The maximum atomic E-state index is 14.3. The lowest BCUT2D eigenvalue weighted by atomic mass is 9.84. The van der Waals surface area contributed by atoms with Crippen LogP contribution in [0.3, 0.4) is 0 Å². The van der Waals surface area contributed by atoms with Crippen LogP contribution in [-0.2, 0) is 11.2 Å². The number of hydrogen-bond acceptors (Lipinski definition) is 3. The first kappa shape index (κ1) is 21.6. The average molecular weight is 415 g/mol. The zero-order chi connectivity index (χ0) is 21.2. The van der Waals surface area contributed by atoms with Crippen molar-refractivity contribution >= 4 is 12.0 Å². The van der Waals surface area contributed by atoms with E-state index in [4.69, 9.17) is 9.84 Å². The molecule has 1 aliphatic carbocycles. The molecule has 0 aromatic heterocycles. The highest BCUT2D eigenvalue weighted by molar-refractivity contribution is 5.78. The second-order valence-electron chi connectivity index (χ2n) is 7.98. The van der Waals surface area contributed by atoms with Crippen molar-refractivity contribution in [1.29, 1.82) is 0 Å². The van der Waals surface area contributed by atoms with Crippen LogP contribution < -0.4 is 4.74 Å². The number of benzene rings is 1. The maximum absolute atomic E-state index is 14.3. The molecule has 0 spiro atoms. The van der Waals surface area contributed by atoms with Crippen molar-refractivity contribution < 1.29 is 32.2 Å². The van der Waals surface area contributed by atoms with Gasteiger partial charge in [-0.05, 0) is 42.0 Å². The summed E-state index contributed by atoms with van der Waals surface area (Å²) in [6.07, 6.45) is -2.33. The van der Waals surface area contributed by atoms with Crippen molar-refractivity contribution in [3.05, 3.63) is 34.9 Å². The second-order valence-corrected chi connectivity index (χ2v) is 7.98. The van der Waals surface area contributed by atoms with Crippen LogP contribution in [0.15, 0.2) is 23.8 Å². The van der Waals surface area contributed by atoms with E-state index < -0.39 is 24.2 Å². The number of rotatable bonds is 7. The number of hydrogen-bond donors (Lipinski definition) is 1. The molecule has 2 atom stereocenters. The van der Waals surface area contributed by atoms with Gasteiger partial charge in [-0.3, -0.25) is 4.90 Å². The van der Waals surface area contributed by atoms with E-state index in [9.17, 15) is 22.4 Å². The Morgan fingerprint density at radius 3 is 2.79 bits per heavy atom. The van der Waals surface area contributed by atoms with Gasteiger partial charge in [0.25, 0.3) is 0 Å². The number of ether oxygens (including phenoxy) is 1. The summed E-state index contributed by atoms with van der Waals surface area (Å²) in [4.78, 5) is 12.9. The monoisotopic (exact) mass is 415 g/mol. The molecule has 0 radical (unpaired) electrons. The van der Waals surface area contributed by atoms with Gasteiger partial charge in [-0.1, -0.05) is 24.6 Å². The number of aliphatic carboxylic acids is 1. The lowest BCUT2D eigenvalue weighted by Gasteiger charge is -2.27. The lowest BCUT2D eigenvalue weighted by Crippen LogP contribution is -2.37. The van der Waals surface area contributed by atoms with E-state index in [1.165, 1.54) is 0 Å². The smallest absolute Gasteiger partial charge is 0.389 e. The molecule has 29 heavy (non-hydrogen) atoms. The molecule has 1 fully saturated rings. The summed E-state index contributed by atoms with van der Waals surface area (Å²) >= 11 is 0. The fraction of sp³-hybridized carbons (Fsp3) is 0.571. The summed E-state index contributed by atoms with van der Waals surface area (Å²) in [6, 6.07) is 5.48. The van der Waals surface area contributed by atoms with Crippen molar-refractivity contribution in [3.8, 4) is 5.75 Å². The number of likely N-dealkylation sites (tertiary alicyclic amines) is 1. The van der Waals surface area contributed by atoms with Crippen LogP contribution >= 0.6 is 0 Å². The van der Waals surface area contributed by atoms with Gasteiger partial charge in [-0.2, -0.15) is 13.2 Å². The van der Waals surface area contributed by atoms with Gasteiger partial charge in [0.05, 0.1) is 6.61 Å². The number of nitrogens with zero attached hydrogens (tertiary/aromatic N) is 1. The van der Waals surface area contributed by atoms with Gasteiger partial charge in [0, 0.05) is 32.5 Å². The number of carboxylic acid groups (broad SMARTS) is 1. The number of halogens is 4. The van der Waals surface area contributed by atoms with Gasteiger partial charge >= 0.3 is 12.1 Å².